The highest BCUT2D eigenvalue weighted by atomic mass is 16.6. The van der Waals surface area contributed by atoms with Crippen LogP contribution in [0.25, 0.3) is 0 Å². The number of hydrogen-bond acceptors (Lipinski definition) is 10. The molecule has 0 spiro atoms. The Balaban J connectivity index is 1.49. The van der Waals surface area contributed by atoms with Crippen LogP contribution in [0.15, 0.2) is 0 Å². The molecule has 53 heavy (non-hydrogen) atoms. The summed E-state index contributed by atoms with van der Waals surface area (Å²) in [7, 11) is 0. The van der Waals surface area contributed by atoms with E-state index < -0.39 is 0 Å². The summed E-state index contributed by atoms with van der Waals surface area (Å²) in [6.45, 7) is 11.6. The summed E-state index contributed by atoms with van der Waals surface area (Å²) in [4.78, 5) is 39.3. The number of fused-ring (bicyclic) bond motifs is 5. The van der Waals surface area contributed by atoms with Gasteiger partial charge >= 0.3 is 17.9 Å². The molecule has 0 aromatic heterocycles. The van der Waals surface area contributed by atoms with E-state index in [0.29, 0.717) is 32.1 Å². The zero-order valence-electron chi connectivity index (χ0n) is 34.0. The van der Waals surface area contributed by atoms with Gasteiger partial charge in [-0.3, -0.25) is 14.4 Å². The summed E-state index contributed by atoms with van der Waals surface area (Å²) in [6.07, 6.45) is 18.2. The van der Waals surface area contributed by atoms with E-state index in [1.54, 1.807) is 0 Å². The molecule has 11 atom stereocenters. The molecule has 0 heterocycles. The molecule has 0 aromatic rings. The molecule has 0 aliphatic heterocycles. The Bertz CT molecular complexity index is 1140. The first-order valence-corrected chi connectivity index (χ1v) is 21.8. The number of nitrogens with two attached hydrogens (primary N) is 3. The summed E-state index contributed by atoms with van der Waals surface area (Å²) < 4.78 is 24.9. The second-order valence-corrected chi connectivity index (χ2v) is 17.7. The van der Waals surface area contributed by atoms with Gasteiger partial charge in [0.15, 0.2) is 0 Å². The van der Waals surface area contributed by atoms with Crippen LogP contribution in [-0.2, 0) is 33.3 Å². The fourth-order valence-electron chi connectivity index (χ4n) is 11.6. The lowest BCUT2D eigenvalue weighted by atomic mass is 9.43. The summed E-state index contributed by atoms with van der Waals surface area (Å²) in [5.41, 5.74) is 17.1. The highest BCUT2D eigenvalue weighted by Crippen LogP contribution is 2.69. The van der Waals surface area contributed by atoms with Crippen molar-refractivity contribution in [3.8, 4) is 0 Å². The zero-order chi connectivity index (χ0) is 38.4. The van der Waals surface area contributed by atoms with Crippen molar-refractivity contribution < 1.29 is 33.3 Å². The van der Waals surface area contributed by atoms with Gasteiger partial charge in [-0.1, -0.05) is 72.6 Å². The van der Waals surface area contributed by atoms with E-state index >= 15 is 0 Å². The third-order valence-corrected chi connectivity index (χ3v) is 14.5. The second-order valence-electron chi connectivity index (χ2n) is 17.7. The standard InChI is InChI=1S/C43H77N3O7/c1-5-6-7-8-9-10-11-12-25-51-38(47)17-14-30(2)33-15-16-34-41-35(29-37(43(33,34)4)53-40(49)20-24-46)42(3)21-18-32(50-26-13-22-44)27-31(42)28-36(41)52-39(48)19-23-45/h30-37,41H,5-29,44-46H2,1-4H3/t30-,31+,32-,33?,34+,35+,36-,37+,41+,42+,43-/m1/s1. The lowest BCUT2D eigenvalue weighted by Crippen LogP contribution is -2.63. The minimum absolute atomic E-state index is 0.0114. The number of carbonyl (C=O) groups is 3. The Morgan fingerprint density at radius 1 is 0.717 bits per heavy atom. The molecule has 4 fully saturated rings. The SMILES string of the molecule is CCCCCCCCCCOC(=O)CC[C@@H](C)C1CC[C@H]2[C@@H]3[C@H](OC(=O)CCN)C[C@@H]4C[C@H](OCCCN)CC[C@]4(C)[C@H]3C[C@H](OC(=O)CCN)[C@]12C. The maximum absolute atomic E-state index is 13.3. The monoisotopic (exact) mass is 748 g/mol. The van der Waals surface area contributed by atoms with Gasteiger partial charge in [0, 0.05) is 37.5 Å². The Hall–Kier alpha value is -1.75. The predicted octanol–water partition coefficient (Wildman–Crippen LogP) is 7.22. The van der Waals surface area contributed by atoms with Crippen LogP contribution >= 0.6 is 0 Å². The van der Waals surface area contributed by atoms with Gasteiger partial charge in [-0.25, -0.2) is 0 Å². The van der Waals surface area contributed by atoms with Crippen LogP contribution in [0.4, 0.5) is 0 Å². The first-order chi connectivity index (χ1) is 25.5. The molecule has 306 valence electrons. The molecular formula is C43H77N3O7. The van der Waals surface area contributed by atoms with Crippen LogP contribution in [0.5, 0.6) is 0 Å². The third kappa shape index (κ3) is 11.2. The molecule has 0 amide bonds. The van der Waals surface area contributed by atoms with E-state index in [9.17, 15) is 14.4 Å². The molecule has 0 radical (unpaired) electrons. The molecule has 0 bridgehead atoms. The molecule has 0 saturated heterocycles. The maximum atomic E-state index is 13.3. The number of ether oxygens (including phenoxy) is 4. The average Bonchev–Trinajstić information content (AvgIpc) is 3.49. The van der Waals surface area contributed by atoms with Gasteiger partial charge in [-0.05, 0) is 106 Å². The lowest BCUT2D eigenvalue weighted by molar-refractivity contribution is -0.226. The maximum Gasteiger partial charge on any atom is 0.307 e. The van der Waals surface area contributed by atoms with Gasteiger partial charge in [0.1, 0.15) is 12.2 Å². The molecule has 1 unspecified atom stereocenters. The molecule has 4 aliphatic carbocycles. The predicted molar refractivity (Wildman–Crippen MR) is 208 cm³/mol. The van der Waals surface area contributed by atoms with E-state index in [-0.39, 0.29) is 103 Å². The van der Waals surface area contributed by atoms with E-state index in [0.717, 1.165) is 70.6 Å². The van der Waals surface area contributed by atoms with E-state index in [1.165, 1.54) is 38.5 Å². The number of unbranched alkanes of at least 4 members (excludes halogenated alkanes) is 7. The second kappa shape index (κ2) is 21.5. The van der Waals surface area contributed by atoms with Crippen LogP contribution in [0.2, 0.25) is 0 Å². The summed E-state index contributed by atoms with van der Waals surface area (Å²) in [5, 5.41) is 0. The van der Waals surface area contributed by atoms with E-state index in [2.05, 4.69) is 27.7 Å². The minimum atomic E-state index is -0.323. The number of carbonyl (C=O) groups excluding carboxylic acids is 3. The smallest absolute Gasteiger partial charge is 0.307 e. The Morgan fingerprint density at radius 2 is 1.40 bits per heavy atom. The number of rotatable bonds is 23. The van der Waals surface area contributed by atoms with Gasteiger partial charge in [0.05, 0.1) is 25.6 Å². The molecule has 10 heteroatoms. The minimum Gasteiger partial charge on any atom is -0.466 e. The third-order valence-electron chi connectivity index (χ3n) is 14.5. The molecule has 10 nitrogen and oxygen atoms in total. The van der Waals surface area contributed by atoms with Gasteiger partial charge in [0.25, 0.3) is 0 Å². The van der Waals surface area contributed by atoms with Crippen LogP contribution in [0, 0.1) is 46.3 Å². The van der Waals surface area contributed by atoms with Crippen molar-refractivity contribution in [1.29, 1.82) is 0 Å². The largest absolute Gasteiger partial charge is 0.466 e. The normalized spacial score (nSPS) is 34.0. The van der Waals surface area contributed by atoms with Crippen molar-refractivity contribution in [2.75, 3.05) is 32.8 Å². The fraction of sp³-hybridized carbons (Fsp3) is 0.930. The number of esters is 3. The molecule has 4 saturated carbocycles. The van der Waals surface area contributed by atoms with E-state index in [1.807, 2.05) is 0 Å². The van der Waals surface area contributed by atoms with Crippen LogP contribution in [0.1, 0.15) is 156 Å². The molecule has 0 aromatic carbocycles. The zero-order valence-corrected chi connectivity index (χ0v) is 34.0. The topological polar surface area (TPSA) is 166 Å². The van der Waals surface area contributed by atoms with Crippen LogP contribution < -0.4 is 17.2 Å². The summed E-state index contributed by atoms with van der Waals surface area (Å²) in [5.74, 6) is 0.847. The molecule has 6 N–H and O–H groups in total. The Labute approximate surface area is 321 Å². The van der Waals surface area contributed by atoms with Crippen molar-refractivity contribution in [2.24, 2.45) is 63.5 Å². The van der Waals surface area contributed by atoms with Gasteiger partial charge in [-0.2, -0.15) is 0 Å². The molecular weight excluding hydrogens is 670 g/mol. The van der Waals surface area contributed by atoms with Crippen molar-refractivity contribution in [2.45, 2.75) is 174 Å². The van der Waals surface area contributed by atoms with Crippen molar-refractivity contribution in [1.82, 2.24) is 0 Å². The van der Waals surface area contributed by atoms with Gasteiger partial charge in [0.2, 0.25) is 0 Å². The van der Waals surface area contributed by atoms with Crippen molar-refractivity contribution in [3.63, 3.8) is 0 Å². The molecule has 4 rings (SSSR count). The number of hydrogen-bond donors (Lipinski definition) is 3. The lowest BCUT2D eigenvalue weighted by Gasteiger charge is -2.64. The first-order valence-electron chi connectivity index (χ1n) is 21.8. The van der Waals surface area contributed by atoms with Crippen molar-refractivity contribution in [3.05, 3.63) is 0 Å². The van der Waals surface area contributed by atoms with Crippen LogP contribution in [-0.4, -0.2) is 69.1 Å². The van der Waals surface area contributed by atoms with Crippen LogP contribution in [0.3, 0.4) is 0 Å². The van der Waals surface area contributed by atoms with Gasteiger partial charge < -0.3 is 36.1 Å². The quantitative estimate of drug-likeness (QED) is 0.0552. The highest BCUT2D eigenvalue weighted by molar-refractivity contribution is 5.70. The first kappa shape index (κ1) is 44.0. The fourth-order valence-corrected chi connectivity index (χ4v) is 11.6. The van der Waals surface area contributed by atoms with Gasteiger partial charge in [-0.15, -0.1) is 0 Å². The summed E-state index contributed by atoms with van der Waals surface area (Å²) >= 11 is 0. The Morgan fingerprint density at radius 3 is 2.08 bits per heavy atom. The summed E-state index contributed by atoms with van der Waals surface area (Å²) in [6, 6.07) is 0. The van der Waals surface area contributed by atoms with Crippen molar-refractivity contribution >= 4 is 17.9 Å². The van der Waals surface area contributed by atoms with E-state index in [4.69, 9.17) is 36.1 Å². The molecule has 4 aliphatic rings. The Kier molecular flexibility index (Phi) is 17.9. The average molecular weight is 748 g/mol. The highest BCUT2D eigenvalue weighted by Gasteiger charge is 2.67.